The maximum Gasteiger partial charge on any atom is 0.0503 e. The second-order valence-electron chi connectivity index (χ2n) is 5.64. The average Bonchev–Trinajstić information content (AvgIpc) is 2.17. The minimum absolute atomic E-state index is 0.477. The van der Waals surface area contributed by atoms with Gasteiger partial charge in [0.25, 0.3) is 0 Å². The van der Waals surface area contributed by atoms with Gasteiger partial charge in [-0.2, -0.15) is 0 Å². The Balaban J connectivity index is 2.57. The Hall–Kier alpha value is -0.120. The van der Waals surface area contributed by atoms with E-state index < -0.39 is 0 Å². The molecular formula is C13H28N2O. The van der Waals surface area contributed by atoms with Gasteiger partial charge in [-0.25, -0.2) is 0 Å². The second-order valence-corrected chi connectivity index (χ2v) is 5.64. The molecule has 4 atom stereocenters. The van der Waals surface area contributed by atoms with Gasteiger partial charge in [-0.1, -0.05) is 20.8 Å². The first kappa shape index (κ1) is 13.9. The second kappa shape index (κ2) is 6.58. The van der Waals surface area contributed by atoms with Gasteiger partial charge in [0.05, 0.1) is 6.61 Å². The number of nitrogens with two attached hydrogens (primary N) is 1. The van der Waals surface area contributed by atoms with Crippen LogP contribution in [-0.2, 0) is 4.74 Å². The molecule has 0 aromatic rings. The highest BCUT2D eigenvalue weighted by atomic mass is 16.5. The van der Waals surface area contributed by atoms with E-state index in [1.54, 1.807) is 7.11 Å². The number of rotatable bonds is 5. The third kappa shape index (κ3) is 3.72. The normalized spacial score (nSPS) is 31.3. The zero-order chi connectivity index (χ0) is 12.1. The molecule has 1 rings (SSSR count). The van der Waals surface area contributed by atoms with Gasteiger partial charge in [0, 0.05) is 32.8 Å². The molecule has 1 aliphatic heterocycles. The van der Waals surface area contributed by atoms with Gasteiger partial charge in [-0.3, -0.25) is 4.90 Å². The third-order valence-corrected chi connectivity index (χ3v) is 3.69. The van der Waals surface area contributed by atoms with E-state index in [9.17, 15) is 0 Å². The SMILES string of the molecule is COCC(C)C(CN)N1CC(C)CC(C)C1. The van der Waals surface area contributed by atoms with Crippen molar-refractivity contribution in [1.82, 2.24) is 4.90 Å². The fourth-order valence-corrected chi connectivity index (χ4v) is 3.10. The Bertz CT molecular complexity index is 188. The molecule has 2 N–H and O–H groups in total. The smallest absolute Gasteiger partial charge is 0.0503 e. The molecule has 3 nitrogen and oxygen atoms in total. The van der Waals surface area contributed by atoms with Crippen molar-refractivity contribution in [2.45, 2.75) is 33.2 Å². The fraction of sp³-hybridized carbons (Fsp3) is 1.00. The van der Waals surface area contributed by atoms with Crippen molar-refractivity contribution < 1.29 is 4.74 Å². The predicted molar refractivity (Wildman–Crippen MR) is 68.4 cm³/mol. The molecular weight excluding hydrogens is 200 g/mol. The van der Waals surface area contributed by atoms with Crippen LogP contribution in [0.5, 0.6) is 0 Å². The number of methoxy groups -OCH3 is 1. The van der Waals surface area contributed by atoms with E-state index in [1.165, 1.54) is 19.5 Å². The Morgan fingerprint density at radius 2 is 1.88 bits per heavy atom. The van der Waals surface area contributed by atoms with Gasteiger partial charge in [0.1, 0.15) is 0 Å². The van der Waals surface area contributed by atoms with Crippen molar-refractivity contribution in [2.75, 3.05) is 33.4 Å². The zero-order valence-electron chi connectivity index (χ0n) is 11.3. The highest BCUT2D eigenvalue weighted by molar-refractivity contribution is 4.84. The van der Waals surface area contributed by atoms with Crippen LogP contribution in [0.15, 0.2) is 0 Å². The molecule has 1 saturated heterocycles. The van der Waals surface area contributed by atoms with Crippen molar-refractivity contribution in [1.29, 1.82) is 0 Å². The van der Waals surface area contributed by atoms with Crippen LogP contribution in [0.4, 0.5) is 0 Å². The van der Waals surface area contributed by atoms with Crippen molar-refractivity contribution in [3.05, 3.63) is 0 Å². The van der Waals surface area contributed by atoms with Gasteiger partial charge in [-0.05, 0) is 24.2 Å². The molecule has 3 heteroatoms. The van der Waals surface area contributed by atoms with E-state index in [4.69, 9.17) is 10.5 Å². The highest BCUT2D eigenvalue weighted by Crippen LogP contribution is 2.24. The minimum Gasteiger partial charge on any atom is -0.384 e. The first-order valence-electron chi connectivity index (χ1n) is 6.51. The first-order valence-corrected chi connectivity index (χ1v) is 6.51. The van der Waals surface area contributed by atoms with E-state index in [0.29, 0.717) is 12.0 Å². The summed E-state index contributed by atoms with van der Waals surface area (Å²) in [7, 11) is 1.77. The van der Waals surface area contributed by atoms with Crippen LogP contribution < -0.4 is 5.73 Å². The molecule has 0 amide bonds. The van der Waals surface area contributed by atoms with E-state index in [0.717, 1.165) is 25.0 Å². The summed E-state index contributed by atoms with van der Waals surface area (Å²) in [5.74, 6) is 2.12. The summed E-state index contributed by atoms with van der Waals surface area (Å²) in [6.45, 7) is 10.9. The van der Waals surface area contributed by atoms with Gasteiger partial charge in [0.2, 0.25) is 0 Å². The largest absolute Gasteiger partial charge is 0.384 e. The Morgan fingerprint density at radius 3 is 2.31 bits per heavy atom. The number of hydrogen-bond donors (Lipinski definition) is 1. The maximum absolute atomic E-state index is 5.93. The molecule has 0 radical (unpaired) electrons. The summed E-state index contributed by atoms with van der Waals surface area (Å²) in [4.78, 5) is 2.57. The lowest BCUT2D eigenvalue weighted by molar-refractivity contribution is 0.0437. The number of piperidine rings is 1. The van der Waals surface area contributed by atoms with Crippen molar-refractivity contribution in [3.63, 3.8) is 0 Å². The molecule has 1 heterocycles. The van der Waals surface area contributed by atoms with E-state index in [-0.39, 0.29) is 0 Å². The molecule has 4 unspecified atom stereocenters. The Kier molecular flexibility index (Phi) is 5.73. The number of ether oxygens (including phenoxy) is 1. The molecule has 0 aromatic carbocycles. The van der Waals surface area contributed by atoms with E-state index in [2.05, 4.69) is 25.7 Å². The van der Waals surface area contributed by atoms with Crippen LogP contribution in [0.25, 0.3) is 0 Å². The standard InChI is InChI=1S/C13H28N2O/c1-10-5-11(2)8-15(7-10)13(6-14)12(3)9-16-4/h10-13H,5-9,14H2,1-4H3. The van der Waals surface area contributed by atoms with Crippen LogP contribution in [-0.4, -0.2) is 44.3 Å². The monoisotopic (exact) mass is 228 g/mol. The summed E-state index contributed by atoms with van der Waals surface area (Å²) < 4.78 is 5.25. The first-order chi connectivity index (χ1) is 7.58. The molecule has 96 valence electrons. The molecule has 0 spiro atoms. The van der Waals surface area contributed by atoms with Crippen LogP contribution in [0.3, 0.4) is 0 Å². The third-order valence-electron chi connectivity index (χ3n) is 3.69. The highest BCUT2D eigenvalue weighted by Gasteiger charge is 2.29. The van der Waals surface area contributed by atoms with Gasteiger partial charge in [0.15, 0.2) is 0 Å². The lowest BCUT2D eigenvalue weighted by Crippen LogP contribution is -2.51. The molecule has 0 aliphatic carbocycles. The summed E-state index contributed by atoms with van der Waals surface area (Å²) in [5.41, 5.74) is 5.93. The molecule has 0 bridgehead atoms. The summed E-state index contributed by atoms with van der Waals surface area (Å²) in [5, 5.41) is 0. The molecule has 16 heavy (non-hydrogen) atoms. The van der Waals surface area contributed by atoms with Crippen LogP contribution >= 0.6 is 0 Å². The Labute approximate surface area is 100 Å². The van der Waals surface area contributed by atoms with Crippen LogP contribution in [0.2, 0.25) is 0 Å². The van der Waals surface area contributed by atoms with Crippen molar-refractivity contribution in [3.8, 4) is 0 Å². The zero-order valence-corrected chi connectivity index (χ0v) is 11.3. The summed E-state index contributed by atoms with van der Waals surface area (Å²) >= 11 is 0. The van der Waals surface area contributed by atoms with Gasteiger partial charge in [-0.15, -0.1) is 0 Å². The van der Waals surface area contributed by atoms with Gasteiger partial charge >= 0.3 is 0 Å². The molecule has 1 aliphatic rings. The topological polar surface area (TPSA) is 38.5 Å². The number of nitrogens with zero attached hydrogens (tertiary/aromatic N) is 1. The average molecular weight is 228 g/mol. The maximum atomic E-state index is 5.93. The van der Waals surface area contributed by atoms with Crippen LogP contribution in [0, 0.1) is 17.8 Å². The summed E-state index contributed by atoms with van der Waals surface area (Å²) in [6, 6.07) is 0.477. The molecule has 0 aromatic heterocycles. The van der Waals surface area contributed by atoms with Crippen molar-refractivity contribution >= 4 is 0 Å². The number of likely N-dealkylation sites (tertiary alicyclic amines) is 1. The van der Waals surface area contributed by atoms with Crippen LogP contribution in [0.1, 0.15) is 27.2 Å². The molecule has 0 saturated carbocycles. The lowest BCUT2D eigenvalue weighted by atomic mass is 9.89. The quantitative estimate of drug-likeness (QED) is 0.776. The van der Waals surface area contributed by atoms with Crippen molar-refractivity contribution in [2.24, 2.45) is 23.5 Å². The van der Waals surface area contributed by atoms with E-state index >= 15 is 0 Å². The van der Waals surface area contributed by atoms with E-state index in [1.807, 2.05) is 0 Å². The predicted octanol–water partition coefficient (Wildman–Crippen LogP) is 1.57. The minimum atomic E-state index is 0.477. The van der Waals surface area contributed by atoms with Gasteiger partial charge < -0.3 is 10.5 Å². The molecule has 1 fully saturated rings. The lowest BCUT2D eigenvalue weighted by Gasteiger charge is -2.42. The Morgan fingerprint density at radius 1 is 1.31 bits per heavy atom. The number of hydrogen-bond acceptors (Lipinski definition) is 3. The summed E-state index contributed by atoms with van der Waals surface area (Å²) in [6.07, 6.45) is 1.35. The fourth-order valence-electron chi connectivity index (χ4n) is 3.10.